The summed E-state index contributed by atoms with van der Waals surface area (Å²) in [4.78, 5) is 15.1. The molecule has 94 valence electrons. The maximum Gasteiger partial charge on any atom is 0.322 e. The fraction of sp³-hybridized carbons (Fsp3) is 0.800. The Bertz CT molecular complexity index is 227. The van der Waals surface area contributed by atoms with Crippen LogP contribution in [0.15, 0.2) is 4.99 Å². The molecule has 16 heavy (non-hydrogen) atoms. The van der Waals surface area contributed by atoms with Crippen molar-refractivity contribution >= 4 is 11.9 Å². The molecular weight excluding hydrogens is 208 g/mol. The van der Waals surface area contributed by atoms with Crippen LogP contribution in [0.2, 0.25) is 0 Å². The van der Waals surface area contributed by atoms with E-state index in [1.165, 1.54) is 0 Å². The van der Waals surface area contributed by atoms with Crippen molar-refractivity contribution in [3.63, 3.8) is 0 Å². The topological polar surface area (TPSA) is 117 Å². The number of hydrogen-bond acceptors (Lipinski definition) is 4. The zero-order chi connectivity index (χ0) is 12.4. The number of carbonyl (C=O) groups excluding carboxylic acids is 1. The highest BCUT2D eigenvalue weighted by Crippen LogP contribution is 1.99. The molecule has 1 atom stereocenters. The number of guanidine groups is 1. The fourth-order valence-corrected chi connectivity index (χ4v) is 1.06. The molecule has 6 heteroatoms. The largest absolute Gasteiger partial charge is 0.465 e. The van der Waals surface area contributed by atoms with Crippen molar-refractivity contribution in [3.05, 3.63) is 0 Å². The van der Waals surface area contributed by atoms with Crippen molar-refractivity contribution in [1.29, 1.82) is 0 Å². The number of esters is 1. The number of hydrogen-bond donors (Lipinski definition) is 3. The third-order valence-electron chi connectivity index (χ3n) is 2.01. The molecule has 0 amide bonds. The summed E-state index contributed by atoms with van der Waals surface area (Å²) >= 11 is 0. The van der Waals surface area contributed by atoms with E-state index < -0.39 is 6.04 Å². The first-order valence-electron chi connectivity index (χ1n) is 5.55. The third kappa shape index (κ3) is 8.05. The number of unbranched alkanes of at least 4 members (excludes halogenated alkanes) is 1. The summed E-state index contributed by atoms with van der Waals surface area (Å²) in [6.45, 7) is 2.96. The Labute approximate surface area is 96.2 Å². The van der Waals surface area contributed by atoms with Crippen LogP contribution in [0.25, 0.3) is 0 Å². The van der Waals surface area contributed by atoms with Crippen LogP contribution in [0.5, 0.6) is 0 Å². The third-order valence-corrected chi connectivity index (χ3v) is 2.01. The van der Waals surface area contributed by atoms with Crippen molar-refractivity contribution in [2.75, 3.05) is 13.2 Å². The first kappa shape index (κ1) is 14.7. The Morgan fingerprint density at radius 1 is 1.38 bits per heavy atom. The normalized spacial score (nSPS) is 11.9. The van der Waals surface area contributed by atoms with Gasteiger partial charge in [-0.3, -0.25) is 9.79 Å². The number of aliphatic imine (C=N–C) groups is 1. The van der Waals surface area contributed by atoms with Gasteiger partial charge in [-0.25, -0.2) is 0 Å². The predicted molar refractivity (Wildman–Crippen MR) is 63.8 cm³/mol. The Kier molecular flexibility index (Phi) is 8.24. The van der Waals surface area contributed by atoms with Gasteiger partial charge in [-0.1, -0.05) is 13.3 Å². The van der Waals surface area contributed by atoms with Crippen molar-refractivity contribution in [2.24, 2.45) is 22.2 Å². The van der Waals surface area contributed by atoms with Crippen LogP contribution in [0.3, 0.4) is 0 Å². The summed E-state index contributed by atoms with van der Waals surface area (Å²) in [7, 11) is 0. The second-order valence-electron chi connectivity index (χ2n) is 3.58. The lowest BCUT2D eigenvalue weighted by molar-refractivity contribution is -0.145. The van der Waals surface area contributed by atoms with E-state index in [4.69, 9.17) is 21.9 Å². The summed E-state index contributed by atoms with van der Waals surface area (Å²) in [6.07, 6.45) is 3.06. The Morgan fingerprint density at radius 3 is 2.62 bits per heavy atom. The first-order chi connectivity index (χ1) is 7.57. The molecule has 0 fully saturated rings. The van der Waals surface area contributed by atoms with Crippen LogP contribution in [-0.2, 0) is 9.53 Å². The molecule has 6 N–H and O–H groups in total. The van der Waals surface area contributed by atoms with Crippen LogP contribution in [0, 0.1) is 0 Å². The SMILES string of the molecule is CCCCOC(=O)[C@H](N)CCCN=C(N)N. The summed E-state index contributed by atoms with van der Waals surface area (Å²) in [5, 5.41) is 0. The maximum absolute atomic E-state index is 11.3. The van der Waals surface area contributed by atoms with Gasteiger partial charge in [0.25, 0.3) is 0 Å². The Morgan fingerprint density at radius 2 is 2.06 bits per heavy atom. The molecule has 0 aliphatic rings. The Balaban J connectivity index is 3.59. The molecule has 0 aromatic heterocycles. The van der Waals surface area contributed by atoms with Gasteiger partial charge in [-0.2, -0.15) is 0 Å². The van der Waals surface area contributed by atoms with Gasteiger partial charge in [0.15, 0.2) is 5.96 Å². The van der Waals surface area contributed by atoms with E-state index >= 15 is 0 Å². The molecule has 0 rings (SSSR count). The lowest BCUT2D eigenvalue weighted by atomic mass is 10.2. The van der Waals surface area contributed by atoms with Gasteiger partial charge < -0.3 is 21.9 Å². The van der Waals surface area contributed by atoms with Gasteiger partial charge in [0, 0.05) is 6.54 Å². The predicted octanol–water partition coefficient (Wildman–Crippen LogP) is -0.289. The molecule has 0 radical (unpaired) electrons. The molecule has 0 aromatic rings. The summed E-state index contributed by atoms with van der Waals surface area (Å²) in [6, 6.07) is -0.578. The molecule has 6 nitrogen and oxygen atoms in total. The molecular formula is C10H22N4O2. The van der Waals surface area contributed by atoms with Gasteiger partial charge in [-0.15, -0.1) is 0 Å². The van der Waals surface area contributed by atoms with E-state index in [0.717, 1.165) is 12.8 Å². The minimum atomic E-state index is -0.578. The molecule has 0 aliphatic carbocycles. The number of ether oxygens (including phenoxy) is 1. The van der Waals surface area contributed by atoms with Gasteiger partial charge in [0.2, 0.25) is 0 Å². The number of carbonyl (C=O) groups is 1. The van der Waals surface area contributed by atoms with E-state index in [0.29, 0.717) is 26.0 Å². The first-order valence-corrected chi connectivity index (χ1v) is 5.55. The number of nitrogens with two attached hydrogens (primary N) is 3. The molecule has 0 bridgehead atoms. The van der Waals surface area contributed by atoms with Crippen LogP contribution in [-0.4, -0.2) is 31.1 Å². The van der Waals surface area contributed by atoms with Gasteiger partial charge in [0.05, 0.1) is 6.61 Å². The zero-order valence-corrected chi connectivity index (χ0v) is 9.82. The molecule has 0 aliphatic heterocycles. The lowest BCUT2D eigenvalue weighted by Gasteiger charge is -2.10. The van der Waals surface area contributed by atoms with Crippen molar-refractivity contribution < 1.29 is 9.53 Å². The van der Waals surface area contributed by atoms with Gasteiger partial charge in [0.1, 0.15) is 6.04 Å². The number of rotatable bonds is 8. The molecule has 0 saturated heterocycles. The maximum atomic E-state index is 11.3. The highest BCUT2D eigenvalue weighted by molar-refractivity contribution is 5.76. The second kappa shape index (κ2) is 8.96. The quantitative estimate of drug-likeness (QED) is 0.229. The average molecular weight is 230 g/mol. The van der Waals surface area contributed by atoms with E-state index in [1.54, 1.807) is 0 Å². The monoisotopic (exact) mass is 230 g/mol. The van der Waals surface area contributed by atoms with Crippen LogP contribution in [0.4, 0.5) is 0 Å². The van der Waals surface area contributed by atoms with Gasteiger partial charge >= 0.3 is 5.97 Å². The minimum absolute atomic E-state index is 0.0547. The fourth-order valence-electron chi connectivity index (χ4n) is 1.06. The minimum Gasteiger partial charge on any atom is -0.465 e. The van der Waals surface area contributed by atoms with Crippen molar-refractivity contribution in [1.82, 2.24) is 0 Å². The van der Waals surface area contributed by atoms with Crippen molar-refractivity contribution in [3.8, 4) is 0 Å². The molecule has 0 spiro atoms. The molecule has 0 aromatic carbocycles. The summed E-state index contributed by atoms with van der Waals surface area (Å²) in [5.74, 6) is -0.294. The van der Waals surface area contributed by atoms with Crippen LogP contribution >= 0.6 is 0 Å². The van der Waals surface area contributed by atoms with E-state index in [9.17, 15) is 4.79 Å². The Hall–Kier alpha value is -1.30. The average Bonchev–Trinajstić information content (AvgIpc) is 2.24. The highest BCUT2D eigenvalue weighted by atomic mass is 16.5. The van der Waals surface area contributed by atoms with Crippen LogP contribution in [0.1, 0.15) is 32.6 Å². The summed E-state index contributed by atoms with van der Waals surface area (Å²) < 4.78 is 4.97. The molecule has 0 heterocycles. The highest BCUT2D eigenvalue weighted by Gasteiger charge is 2.13. The second-order valence-corrected chi connectivity index (χ2v) is 3.58. The molecule has 0 saturated carbocycles. The standard InChI is InChI=1S/C10H22N4O2/c1-2-3-7-16-9(15)8(11)5-4-6-14-10(12)13/h8H,2-7,11H2,1H3,(H4,12,13,14)/t8-/m1/s1. The lowest BCUT2D eigenvalue weighted by Crippen LogP contribution is -2.32. The number of nitrogens with zero attached hydrogens (tertiary/aromatic N) is 1. The van der Waals surface area contributed by atoms with E-state index in [-0.39, 0.29) is 11.9 Å². The smallest absolute Gasteiger partial charge is 0.322 e. The van der Waals surface area contributed by atoms with Crippen LogP contribution < -0.4 is 17.2 Å². The van der Waals surface area contributed by atoms with E-state index in [1.807, 2.05) is 6.92 Å². The zero-order valence-electron chi connectivity index (χ0n) is 9.82. The summed E-state index contributed by atoms with van der Waals surface area (Å²) in [5.41, 5.74) is 15.9. The van der Waals surface area contributed by atoms with Crippen molar-refractivity contribution in [2.45, 2.75) is 38.6 Å². The van der Waals surface area contributed by atoms with E-state index in [2.05, 4.69) is 4.99 Å². The molecule has 0 unspecified atom stereocenters. The van der Waals surface area contributed by atoms with Gasteiger partial charge in [-0.05, 0) is 19.3 Å².